The summed E-state index contributed by atoms with van der Waals surface area (Å²) in [6, 6.07) is 1.83. The van der Waals surface area contributed by atoms with Gasteiger partial charge in [0.15, 0.2) is 5.82 Å². The molecule has 2 heterocycles. The predicted octanol–water partition coefficient (Wildman–Crippen LogP) is 1.45. The minimum atomic E-state index is 0.0437. The highest BCUT2D eigenvalue weighted by atomic mass is 16.1. The molecule has 1 aliphatic rings. The van der Waals surface area contributed by atoms with Crippen LogP contribution in [0, 0.1) is 13.8 Å². The summed E-state index contributed by atoms with van der Waals surface area (Å²) in [5.74, 6) is 1.32. The van der Waals surface area contributed by atoms with Gasteiger partial charge in [0, 0.05) is 23.0 Å². The number of hydrogen-bond donors (Lipinski definition) is 1. The first-order valence-corrected chi connectivity index (χ1v) is 6.30. The molecule has 0 aromatic carbocycles. The van der Waals surface area contributed by atoms with E-state index in [9.17, 15) is 4.79 Å². The predicted molar refractivity (Wildman–Crippen MR) is 68.1 cm³/mol. The number of nitrogens with one attached hydrogen (secondary N) is 1. The average Bonchev–Trinajstić information content (AvgIpc) is 2.66. The standard InChI is InChI=1S/C13H16N4O/c1-8-7-12(15-9(2)14-8)17-13(18)10-5-3-4-6-11(10)16-17/h7,16H,3-6H2,1-2H3. The van der Waals surface area contributed by atoms with Crippen LogP contribution in [-0.2, 0) is 12.8 Å². The summed E-state index contributed by atoms with van der Waals surface area (Å²) in [5.41, 5.74) is 2.91. The molecule has 0 aliphatic heterocycles. The number of H-pyrrole nitrogens is 1. The van der Waals surface area contributed by atoms with Gasteiger partial charge in [-0.3, -0.25) is 9.89 Å². The van der Waals surface area contributed by atoms with Gasteiger partial charge in [0.05, 0.1) is 0 Å². The molecule has 0 radical (unpaired) electrons. The van der Waals surface area contributed by atoms with E-state index in [1.54, 1.807) is 4.68 Å². The molecule has 2 aromatic rings. The zero-order valence-corrected chi connectivity index (χ0v) is 10.7. The van der Waals surface area contributed by atoms with Gasteiger partial charge in [-0.05, 0) is 39.5 Å². The number of aromatic amines is 1. The molecule has 5 heteroatoms. The smallest absolute Gasteiger partial charge is 0.276 e. The molecular formula is C13H16N4O. The Morgan fingerprint density at radius 1 is 1.22 bits per heavy atom. The van der Waals surface area contributed by atoms with Gasteiger partial charge in [0.1, 0.15) is 5.82 Å². The van der Waals surface area contributed by atoms with Gasteiger partial charge >= 0.3 is 0 Å². The second kappa shape index (κ2) is 4.08. The quantitative estimate of drug-likeness (QED) is 0.825. The zero-order chi connectivity index (χ0) is 12.7. The van der Waals surface area contributed by atoms with Gasteiger partial charge in [-0.1, -0.05) is 0 Å². The van der Waals surface area contributed by atoms with Crippen molar-refractivity contribution in [2.45, 2.75) is 39.5 Å². The summed E-state index contributed by atoms with van der Waals surface area (Å²) >= 11 is 0. The summed E-state index contributed by atoms with van der Waals surface area (Å²) in [7, 11) is 0. The van der Waals surface area contributed by atoms with Crippen LogP contribution in [0.15, 0.2) is 10.9 Å². The Hall–Kier alpha value is -1.91. The maximum atomic E-state index is 12.3. The van der Waals surface area contributed by atoms with E-state index in [0.29, 0.717) is 11.6 Å². The Balaban J connectivity index is 2.17. The Morgan fingerprint density at radius 2 is 2.00 bits per heavy atom. The molecule has 3 rings (SSSR count). The van der Waals surface area contributed by atoms with Crippen molar-refractivity contribution in [1.29, 1.82) is 0 Å². The minimum absolute atomic E-state index is 0.0437. The molecule has 0 amide bonds. The fourth-order valence-corrected chi connectivity index (χ4v) is 2.56. The number of aromatic nitrogens is 4. The normalized spacial score (nSPS) is 14.6. The molecule has 0 atom stereocenters. The lowest BCUT2D eigenvalue weighted by atomic mass is 9.98. The number of rotatable bonds is 1. The van der Waals surface area contributed by atoms with Gasteiger partial charge in [-0.2, -0.15) is 0 Å². The van der Waals surface area contributed by atoms with Crippen molar-refractivity contribution in [3.63, 3.8) is 0 Å². The average molecular weight is 244 g/mol. The van der Waals surface area contributed by atoms with Gasteiger partial charge in [0.2, 0.25) is 0 Å². The molecule has 0 fully saturated rings. The van der Waals surface area contributed by atoms with Gasteiger partial charge in [0.25, 0.3) is 5.56 Å². The summed E-state index contributed by atoms with van der Waals surface area (Å²) < 4.78 is 1.55. The van der Waals surface area contributed by atoms with E-state index in [-0.39, 0.29) is 5.56 Å². The Kier molecular flexibility index (Phi) is 2.54. The topological polar surface area (TPSA) is 63.6 Å². The molecule has 0 saturated heterocycles. The largest absolute Gasteiger partial charge is 0.293 e. The lowest BCUT2D eigenvalue weighted by Crippen LogP contribution is -2.19. The van der Waals surface area contributed by atoms with E-state index in [4.69, 9.17) is 0 Å². The molecule has 18 heavy (non-hydrogen) atoms. The molecule has 1 N–H and O–H groups in total. The molecule has 94 valence electrons. The van der Waals surface area contributed by atoms with Gasteiger partial charge in [-0.25, -0.2) is 14.6 Å². The maximum absolute atomic E-state index is 12.3. The van der Waals surface area contributed by atoms with E-state index >= 15 is 0 Å². The summed E-state index contributed by atoms with van der Waals surface area (Å²) in [5, 5.41) is 3.19. The third-order valence-corrected chi connectivity index (χ3v) is 3.36. The number of aryl methyl sites for hydroxylation is 3. The van der Waals surface area contributed by atoms with Crippen molar-refractivity contribution in [2.24, 2.45) is 0 Å². The molecular weight excluding hydrogens is 228 g/mol. The highest BCUT2D eigenvalue weighted by Gasteiger charge is 2.18. The monoisotopic (exact) mass is 244 g/mol. The highest BCUT2D eigenvalue weighted by molar-refractivity contribution is 5.29. The molecule has 2 aromatic heterocycles. The third kappa shape index (κ3) is 1.75. The molecule has 0 spiro atoms. The molecule has 0 bridgehead atoms. The summed E-state index contributed by atoms with van der Waals surface area (Å²) in [4.78, 5) is 20.9. The minimum Gasteiger partial charge on any atom is -0.293 e. The van der Waals surface area contributed by atoms with Crippen molar-refractivity contribution in [1.82, 2.24) is 19.7 Å². The van der Waals surface area contributed by atoms with E-state index < -0.39 is 0 Å². The van der Waals surface area contributed by atoms with E-state index in [0.717, 1.165) is 42.6 Å². The Labute approximate surface area is 105 Å². The van der Waals surface area contributed by atoms with E-state index in [2.05, 4.69) is 15.1 Å². The first kappa shape index (κ1) is 11.2. The van der Waals surface area contributed by atoms with Gasteiger partial charge < -0.3 is 0 Å². The van der Waals surface area contributed by atoms with Crippen LogP contribution in [0.4, 0.5) is 0 Å². The van der Waals surface area contributed by atoms with Crippen LogP contribution in [0.3, 0.4) is 0 Å². The van der Waals surface area contributed by atoms with Crippen molar-refractivity contribution in [3.05, 3.63) is 39.2 Å². The Morgan fingerprint density at radius 3 is 2.72 bits per heavy atom. The molecule has 5 nitrogen and oxygen atoms in total. The highest BCUT2D eigenvalue weighted by Crippen LogP contribution is 2.17. The summed E-state index contributed by atoms with van der Waals surface area (Å²) in [6.45, 7) is 3.75. The lowest BCUT2D eigenvalue weighted by Gasteiger charge is -2.07. The lowest BCUT2D eigenvalue weighted by molar-refractivity contribution is 0.670. The first-order valence-electron chi connectivity index (χ1n) is 6.30. The van der Waals surface area contributed by atoms with Crippen LogP contribution in [0.2, 0.25) is 0 Å². The van der Waals surface area contributed by atoms with Crippen molar-refractivity contribution in [3.8, 4) is 5.82 Å². The first-order chi connectivity index (χ1) is 8.65. The Bertz CT molecular complexity index is 633. The van der Waals surface area contributed by atoms with Crippen molar-refractivity contribution < 1.29 is 0 Å². The van der Waals surface area contributed by atoms with Gasteiger partial charge in [-0.15, -0.1) is 0 Å². The second-order valence-corrected chi connectivity index (χ2v) is 4.83. The molecule has 0 unspecified atom stereocenters. The van der Waals surface area contributed by atoms with Crippen LogP contribution < -0.4 is 5.56 Å². The number of fused-ring (bicyclic) bond motifs is 1. The van der Waals surface area contributed by atoms with Crippen LogP contribution in [0.5, 0.6) is 0 Å². The van der Waals surface area contributed by atoms with Crippen LogP contribution in [0.25, 0.3) is 5.82 Å². The van der Waals surface area contributed by atoms with Crippen LogP contribution in [0.1, 0.15) is 35.6 Å². The third-order valence-electron chi connectivity index (χ3n) is 3.36. The van der Waals surface area contributed by atoms with E-state index in [1.165, 1.54) is 0 Å². The van der Waals surface area contributed by atoms with E-state index in [1.807, 2.05) is 19.9 Å². The summed E-state index contributed by atoms with van der Waals surface area (Å²) in [6.07, 6.45) is 4.08. The van der Waals surface area contributed by atoms with Crippen LogP contribution in [-0.4, -0.2) is 19.7 Å². The fourth-order valence-electron chi connectivity index (χ4n) is 2.56. The molecule has 1 aliphatic carbocycles. The SMILES string of the molecule is Cc1cc(-n2[nH]c3c(c2=O)CCCC3)nc(C)n1. The number of hydrogen-bond acceptors (Lipinski definition) is 3. The maximum Gasteiger partial charge on any atom is 0.276 e. The zero-order valence-electron chi connectivity index (χ0n) is 10.7. The number of nitrogens with zero attached hydrogens (tertiary/aromatic N) is 3. The van der Waals surface area contributed by atoms with Crippen molar-refractivity contribution in [2.75, 3.05) is 0 Å². The fraction of sp³-hybridized carbons (Fsp3) is 0.462. The van der Waals surface area contributed by atoms with Crippen molar-refractivity contribution >= 4 is 0 Å². The second-order valence-electron chi connectivity index (χ2n) is 4.83. The molecule has 0 saturated carbocycles. The van der Waals surface area contributed by atoms with Crippen LogP contribution >= 0.6 is 0 Å².